The first-order valence-corrected chi connectivity index (χ1v) is 5.15. The monoisotopic (exact) mass is 226 g/mol. The summed E-state index contributed by atoms with van der Waals surface area (Å²) in [6.45, 7) is 1.57. The molecule has 0 spiro atoms. The highest BCUT2D eigenvalue weighted by atomic mass is 16.2. The van der Waals surface area contributed by atoms with Gasteiger partial charge in [-0.15, -0.1) is 0 Å². The van der Waals surface area contributed by atoms with E-state index in [1.807, 2.05) is 12.1 Å². The zero-order valence-electron chi connectivity index (χ0n) is 9.25. The number of carbonyl (C=O) groups excluding carboxylic acids is 2. The Morgan fingerprint density at radius 3 is 2.35 bits per heavy atom. The van der Waals surface area contributed by atoms with Gasteiger partial charge in [-0.05, 0) is 12.5 Å². The molecule has 0 radical (unpaired) electrons. The molecular formula is C13H10N2O2. The summed E-state index contributed by atoms with van der Waals surface area (Å²) >= 11 is 0. The summed E-state index contributed by atoms with van der Waals surface area (Å²) in [5.41, 5.74) is 1.01. The highest BCUT2D eigenvalue weighted by Gasteiger charge is 2.35. The molecule has 0 saturated carbocycles. The molecule has 0 N–H and O–H groups in total. The van der Waals surface area contributed by atoms with Gasteiger partial charge < -0.3 is 0 Å². The molecular weight excluding hydrogens is 216 g/mol. The van der Waals surface area contributed by atoms with Crippen molar-refractivity contribution in [3.05, 3.63) is 47.5 Å². The zero-order valence-corrected chi connectivity index (χ0v) is 9.25. The fourth-order valence-corrected chi connectivity index (χ4v) is 1.77. The second-order valence-electron chi connectivity index (χ2n) is 3.78. The molecule has 0 bridgehead atoms. The van der Waals surface area contributed by atoms with Gasteiger partial charge in [0.25, 0.3) is 11.8 Å². The molecule has 4 heteroatoms. The van der Waals surface area contributed by atoms with E-state index in [9.17, 15) is 9.59 Å². The summed E-state index contributed by atoms with van der Waals surface area (Å²) in [5.74, 6) is -0.826. The van der Waals surface area contributed by atoms with Crippen molar-refractivity contribution in [3.8, 4) is 6.07 Å². The fraction of sp³-hybridized carbons (Fsp3) is 0.154. The Morgan fingerprint density at radius 1 is 1.24 bits per heavy atom. The first-order chi connectivity index (χ1) is 8.15. The summed E-state index contributed by atoms with van der Waals surface area (Å²) < 4.78 is 0. The number of hydrogen-bond donors (Lipinski definition) is 0. The number of rotatable bonds is 2. The summed E-state index contributed by atoms with van der Waals surface area (Å²) in [7, 11) is 0. The zero-order chi connectivity index (χ0) is 12.4. The topological polar surface area (TPSA) is 61.2 Å². The van der Waals surface area contributed by atoms with E-state index in [1.54, 1.807) is 31.2 Å². The number of imide groups is 1. The van der Waals surface area contributed by atoms with Crippen LogP contribution in [0.4, 0.5) is 0 Å². The highest BCUT2D eigenvalue weighted by molar-refractivity contribution is 6.16. The van der Waals surface area contributed by atoms with Gasteiger partial charge in [0, 0.05) is 11.6 Å². The van der Waals surface area contributed by atoms with Crippen molar-refractivity contribution >= 4 is 11.8 Å². The quantitative estimate of drug-likeness (QED) is 0.719. The van der Waals surface area contributed by atoms with E-state index in [-0.39, 0.29) is 0 Å². The number of benzene rings is 1. The molecule has 4 nitrogen and oxygen atoms in total. The standard InChI is InChI=1S/C13H10N2O2/c1-9-7-12(16)15(13(9)17)11(8-14)10-5-3-2-4-6-10/h2-7,11H,1H3. The average Bonchev–Trinajstić information content (AvgIpc) is 2.58. The van der Waals surface area contributed by atoms with Gasteiger partial charge in [-0.25, -0.2) is 0 Å². The maximum atomic E-state index is 11.8. The molecule has 1 unspecified atom stereocenters. The molecule has 1 aliphatic heterocycles. The van der Waals surface area contributed by atoms with Crippen LogP contribution in [-0.2, 0) is 9.59 Å². The summed E-state index contributed by atoms with van der Waals surface area (Å²) in [4.78, 5) is 24.4. The van der Waals surface area contributed by atoms with Gasteiger partial charge >= 0.3 is 0 Å². The van der Waals surface area contributed by atoms with Crippen molar-refractivity contribution in [2.45, 2.75) is 13.0 Å². The van der Waals surface area contributed by atoms with Gasteiger partial charge in [0.1, 0.15) is 0 Å². The molecule has 1 atom stereocenters. The van der Waals surface area contributed by atoms with Gasteiger partial charge in [-0.3, -0.25) is 14.5 Å². The third-order valence-corrected chi connectivity index (χ3v) is 2.63. The van der Waals surface area contributed by atoms with E-state index in [1.165, 1.54) is 6.08 Å². The molecule has 1 aromatic rings. The Balaban J connectivity index is 2.37. The van der Waals surface area contributed by atoms with Crippen LogP contribution in [0.2, 0.25) is 0 Å². The molecule has 1 aromatic carbocycles. The molecule has 2 amide bonds. The number of nitrogens with zero attached hydrogens (tertiary/aromatic N) is 2. The number of carbonyl (C=O) groups is 2. The molecule has 0 fully saturated rings. The molecule has 1 aliphatic rings. The maximum Gasteiger partial charge on any atom is 0.257 e. The van der Waals surface area contributed by atoms with Crippen molar-refractivity contribution < 1.29 is 9.59 Å². The molecule has 0 aromatic heterocycles. The fourth-order valence-electron chi connectivity index (χ4n) is 1.77. The summed E-state index contributed by atoms with van der Waals surface area (Å²) in [6.07, 6.45) is 1.26. The summed E-state index contributed by atoms with van der Waals surface area (Å²) in [5, 5.41) is 9.14. The predicted molar refractivity (Wildman–Crippen MR) is 60.4 cm³/mol. The van der Waals surface area contributed by atoms with E-state index in [0.29, 0.717) is 11.1 Å². The lowest BCUT2D eigenvalue weighted by molar-refractivity contribution is -0.138. The third kappa shape index (κ3) is 1.83. The number of amides is 2. The van der Waals surface area contributed by atoms with Crippen molar-refractivity contribution in [1.29, 1.82) is 5.26 Å². The van der Waals surface area contributed by atoms with Gasteiger partial charge in [0.2, 0.25) is 0 Å². The predicted octanol–water partition coefficient (Wildman–Crippen LogP) is 1.57. The minimum atomic E-state index is -0.857. The van der Waals surface area contributed by atoms with Crippen LogP contribution < -0.4 is 0 Å². The molecule has 84 valence electrons. The lowest BCUT2D eigenvalue weighted by Gasteiger charge is -2.20. The second kappa shape index (κ2) is 4.22. The first kappa shape index (κ1) is 11.1. The van der Waals surface area contributed by atoms with Gasteiger partial charge in [-0.1, -0.05) is 30.3 Å². The smallest absolute Gasteiger partial charge is 0.257 e. The Hall–Kier alpha value is -2.41. The van der Waals surface area contributed by atoms with Crippen LogP contribution in [0.3, 0.4) is 0 Å². The largest absolute Gasteiger partial charge is 0.269 e. The van der Waals surface area contributed by atoms with Crippen molar-refractivity contribution in [2.24, 2.45) is 0 Å². The third-order valence-electron chi connectivity index (χ3n) is 2.63. The van der Waals surface area contributed by atoms with E-state index >= 15 is 0 Å². The van der Waals surface area contributed by atoms with Crippen molar-refractivity contribution in [1.82, 2.24) is 4.90 Å². The Labute approximate surface area is 98.8 Å². The normalized spacial score (nSPS) is 16.7. The van der Waals surface area contributed by atoms with Gasteiger partial charge in [0.15, 0.2) is 6.04 Å². The van der Waals surface area contributed by atoms with Crippen LogP contribution in [0.1, 0.15) is 18.5 Å². The molecule has 0 aliphatic carbocycles. The average molecular weight is 226 g/mol. The minimum Gasteiger partial charge on any atom is -0.269 e. The SMILES string of the molecule is CC1=CC(=O)N(C(C#N)c2ccccc2)C1=O. The van der Waals surface area contributed by atoms with E-state index in [0.717, 1.165) is 4.90 Å². The van der Waals surface area contributed by atoms with E-state index < -0.39 is 17.9 Å². The Kier molecular flexibility index (Phi) is 2.75. The Bertz CT molecular complexity index is 540. The molecule has 0 saturated heterocycles. The van der Waals surface area contributed by atoms with Gasteiger partial charge in [0.05, 0.1) is 6.07 Å². The minimum absolute atomic E-state index is 0.367. The molecule has 1 heterocycles. The van der Waals surface area contributed by atoms with Crippen LogP contribution in [0, 0.1) is 11.3 Å². The second-order valence-corrected chi connectivity index (χ2v) is 3.78. The maximum absolute atomic E-state index is 11.8. The van der Waals surface area contributed by atoms with E-state index in [2.05, 4.69) is 0 Å². The van der Waals surface area contributed by atoms with Crippen LogP contribution in [-0.4, -0.2) is 16.7 Å². The van der Waals surface area contributed by atoms with Crippen molar-refractivity contribution in [3.63, 3.8) is 0 Å². The lowest BCUT2D eigenvalue weighted by atomic mass is 10.1. The summed E-state index contributed by atoms with van der Waals surface area (Å²) in [6, 6.07) is 9.94. The van der Waals surface area contributed by atoms with Crippen LogP contribution in [0.15, 0.2) is 42.0 Å². The van der Waals surface area contributed by atoms with E-state index in [4.69, 9.17) is 5.26 Å². The van der Waals surface area contributed by atoms with Crippen LogP contribution in [0.25, 0.3) is 0 Å². The van der Waals surface area contributed by atoms with Crippen molar-refractivity contribution in [2.75, 3.05) is 0 Å². The number of hydrogen-bond acceptors (Lipinski definition) is 3. The van der Waals surface area contributed by atoms with Crippen LogP contribution >= 0.6 is 0 Å². The van der Waals surface area contributed by atoms with Crippen LogP contribution in [0.5, 0.6) is 0 Å². The number of nitriles is 1. The first-order valence-electron chi connectivity index (χ1n) is 5.15. The van der Waals surface area contributed by atoms with Gasteiger partial charge in [-0.2, -0.15) is 5.26 Å². The molecule has 17 heavy (non-hydrogen) atoms. The lowest BCUT2D eigenvalue weighted by Crippen LogP contribution is -2.34. The highest BCUT2D eigenvalue weighted by Crippen LogP contribution is 2.25. The Morgan fingerprint density at radius 2 is 1.88 bits per heavy atom. The molecule has 2 rings (SSSR count).